The van der Waals surface area contributed by atoms with Gasteiger partial charge in [-0.15, -0.1) is 11.3 Å². The van der Waals surface area contributed by atoms with Crippen molar-refractivity contribution >= 4 is 28.8 Å². The molecule has 2 aliphatic heterocycles. The molecule has 3 heterocycles. The van der Waals surface area contributed by atoms with E-state index < -0.39 is 11.7 Å². The Morgan fingerprint density at radius 2 is 1.81 bits per heavy atom. The first-order valence-corrected chi connectivity index (χ1v) is 11.8. The van der Waals surface area contributed by atoms with Gasteiger partial charge in [0, 0.05) is 24.7 Å². The number of nitrogens with zero attached hydrogens (tertiary/aromatic N) is 3. The Bertz CT molecular complexity index is 948. The number of benzene rings is 1. The zero-order chi connectivity index (χ0) is 22.2. The van der Waals surface area contributed by atoms with Crippen LogP contribution in [0.15, 0.2) is 18.2 Å². The summed E-state index contributed by atoms with van der Waals surface area (Å²) in [5, 5.41) is 0.517. The molecule has 0 bridgehead atoms. The largest absolute Gasteiger partial charge is 0.416 e. The number of amides is 1. The van der Waals surface area contributed by atoms with E-state index in [4.69, 9.17) is 11.6 Å². The fourth-order valence-electron chi connectivity index (χ4n) is 4.44. The molecule has 1 aromatic heterocycles. The number of halogens is 4. The zero-order valence-electron chi connectivity index (χ0n) is 17.3. The van der Waals surface area contributed by atoms with Crippen LogP contribution in [0, 0.1) is 6.92 Å². The van der Waals surface area contributed by atoms with Crippen LogP contribution >= 0.6 is 22.9 Å². The van der Waals surface area contributed by atoms with Crippen LogP contribution in [-0.2, 0) is 6.18 Å². The van der Waals surface area contributed by atoms with Crippen LogP contribution in [-0.4, -0.2) is 52.9 Å². The van der Waals surface area contributed by atoms with Crippen molar-refractivity contribution in [1.29, 1.82) is 0 Å². The lowest BCUT2D eigenvalue weighted by Crippen LogP contribution is -2.48. The van der Waals surface area contributed by atoms with Gasteiger partial charge in [0.2, 0.25) is 0 Å². The molecule has 4 rings (SSSR count). The minimum Gasteiger partial charge on any atom is -0.338 e. The maximum Gasteiger partial charge on any atom is 0.416 e. The zero-order valence-corrected chi connectivity index (χ0v) is 18.9. The molecule has 168 valence electrons. The monoisotopic (exact) mass is 471 g/mol. The summed E-state index contributed by atoms with van der Waals surface area (Å²) in [6.45, 7) is 5.39. The van der Waals surface area contributed by atoms with Gasteiger partial charge in [-0.3, -0.25) is 4.79 Å². The van der Waals surface area contributed by atoms with E-state index in [-0.39, 0.29) is 16.5 Å². The molecule has 0 spiro atoms. The number of carbonyl (C=O) groups excluding carboxylic acids is 1. The maximum atomic E-state index is 13.1. The van der Waals surface area contributed by atoms with Crippen molar-refractivity contribution in [1.82, 2.24) is 14.8 Å². The molecule has 0 saturated carbocycles. The first-order valence-electron chi connectivity index (χ1n) is 10.6. The Labute approximate surface area is 189 Å². The number of piperidine rings is 2. The molecule has 2 saturated heterocycles. The first-order chi connectivity index (χ1) is 14.7. The van der Waals surface area contributed by atoms with Gasteiger partial charge in [-0.05, 0) is 63.9 Å². The third kappa shape index (κ3) is 4.91. The number of hydrogen-bond donors (Lipinski definition) is 0. The highest BCUT2D eigenvalue weighted by Gasteiger charge is 2.32. The first kappa shape index (κ1) is 22.6. The van der Waals surface area contributed by atoms with Crippen molar-refractivity contribution in [3.05, 3.63) is 39.4 Å². The number of likely N-dealkylation sites (tertiary alicyclic amines) is 2. The highest BCUT2D eigenvalue weighted by molar-refractivity contribution is 7.17. The van der Waals surface area contributed by atoms with Crippen LogP contribution in [0.5, 0.6) is 0 Å². The summed E-state index contributed by atoms with van der Waals surface area (Å²) in [7, 11) is 0. The Balaban J connectivity index is 1.49. The van der Waals surface area contributed by atoms with E-state index in [9.17, 15) is 18.0 Å². The van der Waals surface area contributed by atoms with Crippen LogP contribution < -0.4 is 0 Å². The molecule has 2 aromatic rings. The second-order valence-electron chi connectivity index (χ2n) is 8.25. The van der Waals surface area contributed by atoms with E-state index in [1.165, 1.54) is 25.3 Å². The molecule has 2 fully saturated rings. The number of rotatable bonds is 3. The minimum atomic E-state index is -4.47. The van der Waals surface area contributed by atoms with Gasteiger partial charge in [0.05, 0.1) is 16.3 Å². The van der Waals surface area contributed by atoms with E-state index in [0.717, 1.165) is 49.4 Å². The predicted octanol–water partition coefficient (Wildman–Crippen LogP) is 5.88. The SMILES string of the molecule is Cc1nc(-c2cc(C(F)(F)F)ccc2Cl)sc1C(=O)N1CCC(N2CCCCC2)CC1. The average Bonchev–Trinajstić information content (AvgIpc) is 3.15. The lowest BCUT2D eigenvalue weighted by molar-refractivity contribution is -0.137. The molecular weight excluding hydrogens is 447 g/mol. The fraction of sp³-hybridized carbons (Fsp3) is 0.545. The van der Waals surface area contributed by atoms with Crippen molar-refractivity contribution in [3.63, 3.8) is 0 Å². The summed E-state index contributed by atoms with van der Waals surface area (Å²) < 4.78 is 39.3. The number of hydrogen-bond acceptors (Lipinski definition) is 4. The fourth-order valence-corrected chi connectivity index (χ4v) is 5.76. The molecule has 0 unspecified atom stereocenters. The van der Waals surface area contributed by atoms with Crippen molar-refractivity contribution in [2.45, 2.75) is 51.2 Å². The lowest BCUT2D eigenvalue weighted by Gasteiger charge is -2.40. The average molecular weight is 472 g/mol. The molecule has 0 atom stereocenters. The highest BCUT2D eigenvalue weighted by Crippen LogP contribution is 2.38. The maximum absolute atomic E-state index is 13.1. The van der Waals surface area contributed by atoms with Crippen molar-refractivity contribution in [2.24, 2.45) is 0 Å². The number of aryl methyl sites for hydroxylation is 1. The molecule has 2 aliphatic rings. The van der Waals surface area contributed by atoms with Gasteiger partial charge in [0.1, 0.15) is 9.88 Å². The number of aromatic nitrogens is 1. The molecule has 31 heavy (non-hydrogen) atoms. The van der Waals surface area contributed by atoms with Crippen LogP contribution in [0.4, 0.5) is 13.2 Å². The summed E-state index contributed by atoms with van der Waals surface area (Å²) >= 11 is 7.27. The van der Waals surface area contributed by atoms with Gasteiger partial charge in [-0.2, -0.15) is 13.2 Å². The van der Waals surface area contributed by atoms with Gasteiger partial charge >= 0.3 is 6.18 Å². The molecule has 4 nitrogen and oxygen atoms in total. The van der Waals surface area contributed by atoms with Crippen molar-refractivity contribution in [3.8, 4) is 10.6 Å². The topological polar surface area (TPSA) is 36.4 Å². The Hall–Kier alpha value is -1.64. The van der Waals surface area contributed by atoms with Gasteiger partial charge in [-0.1, -0.05) is 18.0 Å². The predicted molar refractivity (Wildman–Crippen MR) is 117 cm³/mol. The number of alkyl halides is 3. The summed E-state index contributed by atoms with van der Waals surface area (Å²) in [5.74, 6) is -0.0959. The van der Waals surface area contributed by atoms with E-state index in [0.29, 0.717) is 34.7 Å². The molecule has 0 N–H and O–H groups in total. The molecule has 9 heteroatoms. The molecule has 1 amide bonds. The van der Waals surface area contributed by atoms with Crippen molar-refractivity contribution < 1.29 is 18.0 Å². The number of carbonyl (C=O) groups is 1. The van der Waals surface area contributed by atoms with Gasteiger partial charge in [0.15, 0.2) is 0 Å². The normalized spacial score (nSPS) is 19.1. The van der Waals surface area contributed by atoms with Gasteiger partial charge < -0.3 is 9.80 Å². The van der Waals surface area contributed by atoms with Crippen LogP contribution in [0.2, 0.25) is 5.02 Å². The summed E-state index contributed by atoms with van der Waals surface area (Å²) in [4.78, 5) is 22.4. The lowest BCUT2D eigenvalue weighted by atomic mass is 10.00. The molecule has 0 aliphatic carbocycles. The third-order valence-corrected chi connectivity index (χ3v) is 7.68. The summed E-state index contributed by atoms with van der Waals surface area (Å²) in [6, 6.07) is 3.71. The highest BCUT2D eigenvalue weighted by atomic mass is 35.5. The van der Waals surface area contributed by atoms with Crippen LogP contribution in [0.25, 0.3) is 10.6 Å². The second kappa shape index (κ2) is 9.08. The molecule has 1 aromatic carbocycles. The quantitative estimate of drug-likeness (QED) is 0.560. The smallest absolute Gasteiger partial charge is 0.338 e. The van der Waals surface area contributed by atoms with Crippen LogP contribution in [0.1, 0.15) is 53.0 Å². The van der Waals surface area contributed by atoms with Crippen molar-refractivity contribution in [2.75, 3.05) is 26.2 Å². The minimum absolute atomic E-state index is 0.0959. The summed E-state index contributed by atoms with van der Waals surface area (Å²) in [6.07, 6.45) is 1.24. The Kier molecular flexibility index (Phi) is 6.60. The van der Waals surface area contributed by atoms with Gasteiger partial charge in [-0.25, -0.2) is 4.98 Å². The van der Waals surface area contributed by atoms with E-state index in [1.807, 2.05) is 4.90 Å². The Morgan fingerprint density at radius 1 is 1.13 bits per heavy atom. The van der Waals surface area contributed by atoms with Crippen LogP contribution in [0.3, 0.4) is 0 Å². The third-order valence-electron chi connectivity index (χ3n) is 6.17. The standard InChI is InChI=1S/C22H25ClF3N3OS/c1-14-19(21(30)29-11-7-16(8-12-29)28-9-3-2-4-10-28)31-20(27-14)17-13-15(22(24,25)26)5-6-18(17)23/h5-6,13,16H,2-4,7-12H2,1H3. The van der Waals surface area contributed by atoms with E-state index in [1.54, 1.807) is 6.92 Å². The van der Waals surface area contributed by atoms with E-state index in [2.05, 4.69) is 9.88 Å². The summed E-state index contributed by atoms with van der Waals surface area (Å²) in [5.41, 5.74) is -0.0588. The molecule has 0 radical (unpaired) electrons. The van der Waals surface area contributed by atoms with Gasteiger partial charge in [0.25, 0.3) is 5.91 Å². The second-order valence-corrected chi connectivity index (χ2v) is 9.65. The molecular formula is C22H25ClF3N3OS. The number of thiazole rings is 1. The van der Waals surface area contributed by atoms with E-state index >= 15 is 0 Å². The Morgan fingerprint density at radius 3 is 2.45 bits per heavy atom.